The molecule has 21 heavy (non-hydrogen) atoms. The van der Waals surface area contributed by atoms with Crippen LogP contribution in [0.15, 0.2) is 0 Å². The minimum absolute atomic E-state index is 0.0121. The molecule has 0 aliphatic carbocycles. The van der Waals surface area contributed by atoms with E-state index in [4.69, 9.17) is 4.74 Å². The van der Waals surface area contributed by atoms with Crippen molar-refractivity contribution in [3.63, 3.8) is 0 Å². The predicted octanol–water partition coefficient (Wildman–Crippen LogP) is -0.0712. The van der Waals surface area contributed by atoms with Crippen molar-refractivity contribution < 1.29 is 14.3 Å². The predicted molar refractivity (Wildman–Crippen MR) is 77.8 cm³/mol. The van der Waals surface area contributed by atoms with Gasteiger partial charge in [-0.3, -0.25) is 9.59 Å². The highest BCUT2D eigenvalue weighted by molar-refractivity contribution is 5.96. The van der Waals surface area contributed by atoms with Crippen LogP contribution in [0.2, 0.25) is 0 Å². The van der Waals surface area contributed by atoms with Crippen molar-refractivity contribution in [1.82, 2.24) is 14.7 Å². The fraction of sp³-hybridized carbons (Fsp3) is 0.867. The quantitative estimate of drug-likeness (QED) is 0.715. The molecule has 3 atom stereocenters. The van der Waals surface area contributed by atoms with Crippen LogP contribution in [0, 0.1) is 0 Å². The van der Waals surface area contributed by atoms with E-state index in [1.54, 1.807) is 9.80 Å². The van der Waals surface area contributed by atoms with Gasteiger partial charge in [-0.05, 0) is 33.2 Å². The molecule has 0 N–H and O–H groups in total. The number of carbonyl (C=O) groups is 2. The Morgan fingerprint density at radius 3 is 2.76 bits per heavy atom. The molecule has 3 heterocycles. The summed E-state index contributed by atoms with van der Waals surface area (Å²) >= 11 is 0. The number of fused-ring (bicyclic) bond motifs is 1. The van der Waals surface area contributed by atoms with Crippen LogP contribution in [0.5, 0.6) is 0 Å². The van der Waals surface area contributed by atoms with Crippen LogP contribution in [0.1, 0.15) is 26.2 Å². The van der Waals surface area contributed by atoms with Gasteiger partial charge in [0, 0.05) is 26.2 Å². The number of hydrogen-bond donors (Lipinski definition) is 0. The number of nitrogens with zero attached hydrogens (tertiary/aromatic N) is 3. The van der Waals surface area contributed by atoms with Crippen molar-refractivity contribution in [3.8, 4) is 0 Å². The van der Waals surface area contributed by atoms with Gasteiger partial charge in [0.15, 0.2) is 0 Å². The molecule has 3 rings (SSSR count). The Hall–Kier alpha value is -1.14. The molecule has 6 nitrogen and oxygen atoms in total. The van der Waals surface area contributed by atoms with Crippen molar-refractivity contribution in [1.29, 1.82) is 0 Å². The van der Waals surface area contributed by atoms with Crippen LogP contribution in [0.4, 0.5) is 0 Å². The maximum absolute atomic E-state index is 12.7. The second-order valence-corrected chi connectivity index (χ2v) is 6.46. The normalized spacial score (nSPS) is 35.0. The van der Waals surface area contributed by atoms with Gasteiger partial charge in [-0.15, -0.1) is 0 Å². The van der Waals surface area contributed by atoms with Gasteiger partial charge in [-0.25, -0.2) is 0 Å². The summed E-state index contributed by atoms with van der Waals surface area (Å²) < 4.78 is 5.76. The van der Waals surface area contributed by atoms with Crippen molar-refractivity contribution >= 4 is 11.8 Å². The molecule has 118 valence electrons. The van der Waals surface area contributed by atoms with Crippen LogP contribution >= 0.6 is 0 Å². The molecule has 0 aromatic carbocycles. The third-order valence-corrected chi connectivity index (χ3v) is 4.92. The molecule has 6 heteroatoms. The summed E-state index contributed by atoms with van der Waals surface area (Å²) in [5.74, 6) is 0.210. The SMILES string of the molecule is CC1C(=O)N2CCCCC2C(=O)N1CC1CN(C)CCO1. The Kier molecular flexibility index (Phi) is 4.17. The molecule has 3 fully saturated rings. The first-order chi connectivity index (χ1) is 10.1. The lowest BCUT2D eigenvalue weighted by Gasteiger charge is -2.47. The summed E-state index contributed by atoms with van der Waals surface area (Å²) in [7, 11) is 2.06. The standard InChI is InChI=1S/C15H25N3O3/c1-11-14(19)17-6-4-3-5-13(17)15(20)18(11)10-12-9-16(2)7-8-21-12/h11-13H,3-10H2,1-2H3. The number of amides is 2. The van der Waals surface area contributed by atoms with Crippen molar-refractivity contribution in [2.24, 2.45) is 0 Å². The Morgan fingerprint density at radius 1 is 1.19 bits per heavy atom. The highest BCUT2D eigenvalue weighted by atomic mass is 16.5. The van der Waals surface area contributed by atoms with Crippen LogP contribution < -0.4 is 0 Å². The lowest BCUT2D eigenvalue weighted by Crippen LogP contribution is -2.66. The van der Waals surface area contributed by atoms with Crippen molar-refractivity contribution in [2.45, 2.75) is 44.4 Å². The first-order valence-corrected chi connectivity index (χ1v) is 7.99. The Labute approximate surface area is 126 Å². The highest BCUT2D eigenvalue weighted by Gasteiger charge is 2.45. The second kappa shape index (κ2) is 5.93. The molecule has 0 radical (unpaired) electrons. The second-order valence-electron chi connectivity index (χ2n) is 6.46. The third-order valence-electron chi connectivity index (χ3n) is 4.92. The lowest BCUT2D eigenvalue weighted by molar-refractivity contribution is -0.165. The maximum Gasteiger partial charge on any atom is 0.246 e. The van der Waals surface area contributed by atoms with Gasteiger partial charge in [-0.2, -0.15) is 0 Å². The van der Waals surface area contributed by atoms with Crippen LogP contribution in [-0.4, -0.2) is 84.5 Å². The van der Waals surface area contributed by atoms with E-state index in [1.165, 1.54) is 0 Å². The molecule has 0 saturated carbocycles. The van der Waals surface area contributed by atoms with Gasteiger partial charge in [-0.1, -0.05) is 0 Å². The monoisotopic (exact) mass is 295 g/mol. The molecule has 0 spiro atoms. The fourth-order valence-corrected chi connectivity index (χ4v) is 3.65. The van der Waals surface area contributed by atoms with E-state index in [-0.39, 0.29) is 30.0 Å². The number of piperazine rings is 1. The van der Waals surface area contributed by atoms with E-state index in [2.05, 4.69) is 11.9 Å². The lowest BCUT2D eigenvalue weighted by atomic mass is 9.95. The van der Waals surface area contributed by atoms with Gasteiger partial charge in [0.2, 0.25) is 11.8 Å². The summed E-state index contributed by atoms with van der Waals surface area (Å²) in [6.07, 6.45) is 2.86. The van der Waals surface area contributed by atoms with Crippen molar-refractivity contribution in [3.05, 3.63) is 0 Å². The Bertz CT molecular complexity index is 428. The fourth-order valence-electron chi connectivity index (χ4n) is 3.65. The first-order valence-electron chi connectivity index (χ1n) is 7.99. The zero-order valence-electron chi connectivity index (χ0n) is 13.0. The number of likely N-dealkylation sites (N-methyl/N-ethyl adjacent to an activating group) is 1. The molecule has 3 saturated heterocycles. The summed E-state index contributed by atoms with van der Waals surface area (Å²) in [4.78, 5) is 31.0. The first kappa shape index (κ1) is 14.8. The van der Waals surface area contributed by atoms with Gasteiger partial charge >= 0.3 is 0 Å². The molecular weight excluding hydrogens is 270 g/mol. The average molecular weight is 295 g/mol. The van der Waals surface area contributed by atoms with Crippen LogP contribution in [0.25, 0.3) is 0 Å². The molecule has 3 aliphatic heterocycles. The number of piperidine rings is 1. The summed E-state index contributed by atoms with van der Waals surface area (Å²) in [6, 6.07) is -0.591. The Morgan fingerprint density at radius 2 is 2.00 bits per heavy atom. The summed E-state index contributed by atoms with van der Waals surface area (Å²) in [5, 5.41) is 0. The smallest absolute Gasteiger partial charge is 0.246 e. The van der Waals surface area contributed by atoms with Gasteiger partial charge in [0.05, 0.1) is 12.7 Å². The summed E-state index contributed by atoms with van der Waals surface area (Å²) in [5.41, 5.74) is 0. The molecule has 0 aromatic rings. The maximum atomic E-state index is 12.7. The highest BCUT2D eigenvalue weighted by Crippen LogP contribution is 2.26. The van der Waals surface area contributed by atoms with Gasteiger partial charge < -0.3 is 19.4 Å². The van der Waals surface area contributed by atoms with E-state index >= 15 is 0 Å². The zero-order chi connectivity index (χ0) is 15.0. The number of morpholine rings is 1. The summed E-state index contributed by atoms with van der Waals surface area (Å²) in [6.45, 7) is 5.55. The zero-order valence-corrected chi connectivity index (χ0v) is 13.0. The van der Waals surface area contributed by atoms with Gasteiger partial charge in [0.25, 0.3) is 0 Å². The van der Waals surface area contributed by atoms with Crippen LogP contribution in [-0.2, 0) is 14.3 Å². The van der Waals surface area contributed by atoms with E-state index in [9.17, 15) is 9.59 Å². The van der Waals surface area contributed by atoms with E-state index in [0.29, 0.717) is 13.2 Å². The van der Waals surface area contributed by atoms with E-state index in [1.807, 2.05) is 6.92 Å². The molecular formula is C15H25N3O3. The molecule has 3 aliphatic rings. The number of hydrogen-bond acceptors (Lipinski definition) is 4. The minimum Gasteiger partial charge on any atom is -0.374 e. The number of carbonyl (C=O) groups excluding carboxylic acids is 2. The third kappa shape index (κ3) is 2.79. The van der Waals surface area contributed by atoms with E-state index in [0.717, 1.165) is 38.9 Å². The number of ether oxygens (including phenoxy) is 1. The molecule has 2 amide bonds. The molecule has 0 aromatic heterocycles. The van der Waals surface area contributed by atoms with Gasteiger partial charge in [0.1, 0.15) is 12.1 Å². The average Bonchev–Trinajstić information content (AvgIpc) is 2.49. The topological polar surface area (TPSA) is 53.1 Å². The minimum atomic E-state index is -0.359. The largest absolute Gasteiger partial charge is 0.374 e. The molecule has 0 bridgehead atoms. The number of rotatable bonds is 2. The molecule has 3 unspecified atom stereocenters. The van der Waals surface area contributed by atoms with Crippen molar-refractivity contribution in [2.75, 3.05) is 39.8 Å². The van der Waals surface area contributed by atoms with Crippen LogP contribution in [0.3, 0.4) is 0 Å². The Balaban J connectivity index is 1.71. The van der Waals surface area contributed by atoms with E-state index < -0.39 is 0 Å².